The molecule has 0 saturated carbocycles. The number of aromatic nitrogens is 1. The molecule has 2 heterocycles. The van der Waals surface area contributed by atoms with Crippen LogP contribution in [0.5, 0.6) is 5.75 Å². The van der Waals surface area contributed by atoms with E-state index in [1.54, 1.807) is 0 Å². The molecular formula is C19H18BN2O+. The zero-order valence-corrected chi connectivity index (χ0v) is 13.3. The molecule has 0 aliphatic carbocycles. The third kappa shape index (κ3) is 2.27. The molecule has 0 saturated heterocycles. The Bertz CT molecular complexity index is 851. The molecule has 3 aromatic rings. The Kier molecular flexibility index (Phi) is 3.30. The Morgan fingerprint density at radius 2 is 1.70 bits per heavy atom. The van der Waals surface area contributed by atoms with Crippen molar-refractivity contribution >= 4 is 24.0 Å². The molecule has 0 radical (unpaired) electrons. The molecule has 0 bridgehead atoms. The molecule has 4 rings (SSSR count). The third-order valence-corrected chi connectivity index (χ3v) is 4.27. The molecule has 0 unspecified atom stereocenters. The summed E-state index contributed by atoms with van der Waals surface area (Å²) in [7, 11) is 1.91. The monoisotopic (exact) mass is 301 g/mol. The maximum atomic E-state index is 6.31. The van der Waals surface area contributed by atoms with E-state index in [4.69, 9.17) is 4.65 Å². The number of aryl methyl sites for hydroxylation is 2. The SMILES string of the molecule is Cc1cccc2c1N(c1cccc[n+]1C)B(c1ccccc1)O2. The molecular weight excluding hydrogens is 283 g/mol. The highest BCUT2D eigenvalue weighted by molar-refractivity contribution is 6.74. The number of hydrogen-bond donors (Lipinski definition) is 0. The van der Waals surface area contributed by atoms with Gasteiger partial charge in [-0.05, 0) is 24.6 Å². The van der Waals surface area contributed by atoms with Gasteiger partial charge in [-0.25, -0.2) is 9.38 Å². The standard InChI is InChI=1S/C19H18BN2O/c1-15-9-8-12-17-19(15)22(18-13-6-7-14-21(18)2)20(23-17)16-10-4-3-5-11-16/h3-14H,1-2H3/q+1. The van der Waals surface area contributed by atoms with Crippen molar-refractivity contribution in [3.05, 3.63) is 78.5 Å². The molecule has 0 spiro atoms. The second kappa shape index (κ2) is 5.47. The van der Waals surface area contributed by atoms with Crippen molar-refractivity contribution in [1.82, 2.24) is 0 Å². The zero-order valence-electron chi connectivity index (χ0n) is 13.3. The topological polar surface area (TPSA) is 16.4 Å². The van der Waals surface area contributed by atoms with Crippen molar-refractivity contribution in [2.24, 2.45) is 7.05 Å². The van der Waals surface area contributed by atoms with Crippen LogP contribution in [0, 0.1) is 6.92 Å². The van der Waals surface area contributed by atoms with Gasteiger partial charge in [-0.15, -0.1) is 0 Å². The molecule has 0 N–H and O–H groups in total. The summed E-state index contributed by atoms with van der Waals surface area (Å²) in [5, 5.41) is 0. The van der Waals surface area contributed by atoms with Crippen LogP contribution in [-0.4, -0.2) is 7.05 Å². The number of rotatable bonds is 2. The maximum absolute atomic E-state index is 6.31. The fraction of sp³-hybridized carbons (Fsp3) is 0.105. The summed E-state index contributed by atoms with van der Waals surface area (Å²) >= 11 is 0. The number of para-hydroxylation sites is 1. The van der Waals surface area contributed by atoms with Gasteiger partial charge < -0.3 is 4.65 Å². The van der Waals surface area contributed by atoms with E-state index < -0.39 is 0 Å². The van der Waals surface area contributed by atoms with Crippen LogP contribution in [0.3, 0.4) is 0 Å². The van der Waals surface area contributed by atoms with Crippen molar-refractivity contribution in [2.75, 3.05) is 4.81 Å². The second-order valence-corrected chi connectivity index (χ2v) is 5.84. The largest absolute Gasteiger partial charge is 0.647 e. The number of nitrogens with zero attached hydrogens (tertiary/aromatic N) is 2. The number of hydrogen-bond acceptors (Lipinski definition) is 2. The molecule has 2 aromatic carbocycles. The minimum absolute atomic E-state index is 0.152. The van der Waals surface area contributed by atoms with E-state index in [9.17, 15) is 0 Å². The Balaban J connectivity index is 1.92. The van der Waals surface area contributed by atoms with E-state index in [0.29, 0.717) is 0 Å². The predicted molar refractivity (Wildman–Crippen MR) is 93.4 cm³/mol. The van der Waals surface area contributed by atoms with Gasteiger partial charge in [-0.1, -0.05) is 48.5 Å². The Labute approximate surface area is 136 Å². The lowest BCUT2D eigenvalue weighted by Crippen LogP contribution is -2.51. The second-order valence-electron chi connectivity index (χ2n) is 5.84. The summed E-state index contributed by atoms with van der Waals surface area (Å²) < 4.78 is 8.43. The predicted octanol–water partition coefficient (Wildman–Crippen LogP) is 2.75. The fourth-order valence-electron chi connectivity index (χ4n) is 3.16. The Morgan fingerprint density at radius 3 is 2.48 bits per heavy atom. The average Bonchev–Trinajstić information content (AvgIpc) is 2.97. The highest BCUT2D eigenvalue weighted by Gasteiger charge is 2.48. The van der Waals surface area contributed by atoms with E-state index in [1.165, 1.54) is 5.56 Å². The van der Waals surface area contributed by atoms with Gasteiger partial charge >= 0.3 is 7.05 Å². The van der Waals surface area contributed by atoms with Crippen LogP contribution in [-0.2, 0) is 7.05 Å². The minimum Gasteiger partial charge on any atom is -0.514 e. The third-order valence-electron chi connectivity index (χ3n) is 4.27. The van der Waals surface area contributed by atoms with Gasteiger partial charge in [0.15, 0.2) is 5.69 Å². The van der Waals surface area contributed by atoms with Gasteiger partial charge in [0.1, 0.15) is 5.75 Å². The van der Waals surface area contributed by atoms with Gasteiger partial charge in [0.2, 0.25) is 0 Å². The number of anilines is 2. The smallest absolute Gasteiger partial charge is 0.514 e. The molecule has 0 fully saturated rings. The van der Waals surface area contributed by atoms with Gasteiger partial charge in [-0.3, -0.25) is 0 Å². The first-order chi connectivity index (χ1) is 11.3. The molecule has 23 heavy (non-hydrogen) atoms. The molecule has 0 amide bonds. The van der Waals surface area contributed by atoms with Crippen LogP contribution in [0.15, 0.2) is 72.9 Å². The van der Waals surface area contributed by atoms with Crippen molar-refractivity contribution in [1.29, 1.82) is 0 Å². The highest BCUT2D eigenvalue weighted by Crippen LogP contribution is 2.41. The van der Waals surface area contributed by atoms with E-state index in [0.717, 1.165) is 22.7 Å². The summed E-state index contributed by atoms with van der Waals surface area (Å²) in [4.78, 5) is 2.28. The van der Waals surface area contributed by atoms with E-state index in [1.807, 2.05) is 24.3 Å². The van der Waals surface area contributed by atoms with Crippen molar-refractivity contribution in [3.63, 3.8) is 0 Å². The van der Waals surface area contributed by atoms with Crippen LogP contribution in [0.1, 0.15) is 5.56 Å². The molecule has 1 aromatic heterocycles. The van der Waals surface area contributed by atoms with Crippen LogP contribution < -0.4 is 19.5 Å². The van der Waals surface area contributed by atoms with E-state index >= 15 is 0 Å². The van der Waals surface area contributed by atoms with Gasteiger partial charge in [0.25, 0.3) is 5.82 Å². The highest BCUT2D eigenvalue weighted by atomic mass is 16.5. The Morgan fingerprint density at radius 1 is 0.913 bits per heavy atom. The van der Waals surface area contributed by atoms with Gasteiger partial charge in [-0.2, -0.15) is 0 Å². The number of fused-ring (bicyclic) bond motifs is 1. The molecule has 1 aliphatic heterocycles. The quantitative estimate of drug-likeness (QED) is 0.534. The first kappa shape index (κ1) is 13.9. The Hall–Kier alpha value is -2.75. The summed E-state index contributed by atoms with van der Waals surface area (Å²) in [6.45, 7) is 2.13. The van der Waals surface area contributed by atoms with Crippen LogP contribution in [0.2, 0.25) is 0 Å². The van der Waals surface area contributed by atoms with E-state index in [-0.39, 0.29) is 7.05 Å². The normalized spacial score (nSPS) is 13.0. The summed E-state index contributed by atoms with van der Waals surface area (Å²) in [6, 6.07) is 22.8. The van der Waals surface area contributed by atoms with Crippen LogP contribution in [0.4, 0.5) is 11.5 Å². The summed E-state index contributed by atoms with van der Waals surface area (Å²) in [5.41, 5.74) is 3.50. The molecule has 1 aliphatic rings. The maximum Gasteiger partial charge on any atom is 0.647 e. The van der Waals surface area contributed by atoms with Crippen molar-refractivity contribution < 1.29 is 9.22 Å². The number of benzene rings is 2. The van der Waals surface area contributed by atoms with Crippen molar-refractivity contribution in [3.8, 4) is 5.75 Å². The first-order valence-electron chi connectivity index (χ1n) is 7.81. The lowest BCUT2D eigenvalue weighted by atomic mass is 9.71. The van der Waals surface area contributed by atoms with Crippen molar-refractivity contribution in [2.45, 2.75) is 6.92 Å². The molecule has 4 heteroatoms. The molecule has 0 atom stereocenters. The average molecular weight is 301 g/mol. The molecule has 3 nitrogen and oxygen atoms in total. The molecule has 112 valence electrons. The minimum atomic E-state index is -0.152. The fourth-order valence-corrected chi connectivity index (χ4v) is 3.16. The van der Waals surface area contributed by atoms with Crippen LogP contribution in [0.25, 0.3) is 0 Å². The summed E-state index contributed by atoms with van der Waals surface area (Å²) in [5.74, 6) is 2.04. The lowest BCUT2D eigenvalue weighted by Gasteiger charge is -2.17. The van der Waals surface area contributed by atoms with E-state index in [2.05, 4.69) is 72.0 Å². The number of pyridine rings is 1. The van der Waals surface area contributed by atoms with Gasteiger partial charge in [0, 0.05) is 11.5 Å². The first-order valence-corrected chi connectivity index (χ1v) is 7.81. The van der Waals surface area contributed by atoms with Crippen LogP contribution >= 0.6 is 0 Å². The lowest BCUT2D eigenvalue weighted by molar-refractivity contribution is -0.658. The van der Waals surface area contributed by atoms with Gasteiger partial charge in [0.05, 0.1) is 13.2 Å². The zero-order chi connectivity index (χ0) is 15.8. The summed E-state index contributed by atoms with van der Waals surface area (Å²) in [6.07, 6.45) is 2.06.